The zero-order valence-corrected chi connectivity index (χ0v) is 20.2. The van der Waals surface area contributed by atoms with E-state index in [1.807, 2.05) is 20.8 Å². The summed E-state index contributed by atoms with van der Waals surface area (Å²) in [6, 6.07) is 0. The van der Waals surface area contributed by atoms with Gasteiger partial charge < -0.3 is 29.5 Å². The second-order valence-corrected chi connectivity index (χ2v) is 8.71. The molecule has 6 atom stereocenters. The van der Waals surface area contributed by atoms with Crippen LogP contribution in [0.3, 0.4) is 0 Å². The average Bonchev–Trinajstić information content (AvgIpc) is 2.78. The number of ether oxygens (including phenoxy) is 3. The lowest BCUT2D eigenvalue weighted by Gasteiger charge is -2.44. The Labute approximate surface area is 196 Å². The van der Waals surface area contributed by atoms with Gasteiger partial charge in [0.25, 0.3) is 0 Å². The molecule has 1 aliphatic rings. The summed E-state index contributed by atoms with van der Waals surface area (Å²) >= 11 is 0. The van der Waals surface area contributed by atoms with E-state index in [1.54, 1.807) is 0 Å². The topological polar surface area (TPSA) is 140 Å². The van der Waals surface area contributed by atoms with Crippen molar-refractivity contribution in [3.05, 3.63) is 0 Å². The molecule has 0 aromatic heterocycles. The van der Waals surface area contributed by atoms with Crippen LogP contribution in [-0.2, 0) is 28.6 Å². The van der Waals surface area contributed by atoms with Crippen LogP contribution in [0.4, 0.5) is 0 Å². The van der Waals surface area contributed by atoms with Gasteiger partial charge in [-0.15, -0.1) is 0 Å². The fourth-order valence-electron chi connectivity index (χ4n) is 3.76. The van der Waals surface area contributed by atoms with E-state index >= 15 is 0 Å². The Bertz CT molecular complexity index is 556. The number of carbonyl (C=O) groups excluding carboxylic acids is 3. The molecule has 1 fully saturated rings. The van der Waals surface area contributed by atoms with Gasteiger partial charge in [-0.3, -0.25) is 14.4 Å². The Balaban J connectivity index is 3.04. The van der Waals surface area contributed by atoms with Crippen molar-refractivity contribution in [2.24, 2.45) is 0 Å². The van der Waals surface area contributed by atoms with Crippen molar-refractivity contribution in [1.82, 2.24) is 0 Å². The van der Waals surface area contributed by atoms with Crippen molar-refractivity contribution in [2.45, 2.75) is 134 Å². The normalized spacial score (nSPS) is 27.1. The number of hydrogen-bond acceptors (Lipinski definition) is 9. The highest BCUT2D eigenvalue weighted by Crippen LogP contribution is 2.30. The van der Waals surface area contributed by atoms with Crippen LogP contribution in [0.25, 0.3) is 0 Å². The van der Waals surface area contributed by atoms with Crippen LogP contribution in [0.2, 0.25) is 0 Å². The number of hydrogen-bond donors (Lipinski definition) is 3. The minimum atomic E-state index is -1.75. The Morgan fingerprint density at radius 2 is 0.818 bits per heavy atom. The molecule has 1 rings (SSSR count). The molecule has 0 amide bonds. The van der Waals surface area contributed by atoms with Crippen molar-refractivity contribution < 1.29 is 43.9 Å². The lowest BCUT2D eigenvalue weighted by atomic mass is 9.84. The van der Waals surface area contributed by atoms with Gasteiger partial charge in [0.05, 0.1) is 0 Å². The first-order valence-electron chi connectivity index (χ1n) is 12.4. The van der Waals surface area contributed by atoms with Crippen molar-refractivity contribution in [3.63, 3.8) is 0 Å². The van der Waals surface area contributed by atoms with Crippen molar-refractivity contribution >= 4 is 17.9 Å². The van der Waals surface area contributed by atoms with Gasteiger partial charge in [-0.1, -0.05) is 59.3 Å². The van der Waals surface area contributed by atoms with Gasteiger partial charge in [-0.2, -0.15) is 0 Å². The van der Waals surface area contributed by atoms with E-state index in [1.165, 1.54) is 0 Å². The number of rotatable bonds is 15. The highest BCUT2D eigenvalue weighted by molar-refractivity contribution is 5.71. The molecule has 1 aliphatic carbocycles. The van der Waals surface area contributed by atoms with Crippen LogP contribution < -0.4 is 0 Å². The Hall–Kier alpha value is -1.71. The molecule has 9 nitrogen and oxygen atoms in total. The van der Waals surface area contributed by atoms with E-state index in [0.717, 1.165) is 38.5 Å². The van der Waals surface area contributed by atoms with Crippen LogP contribution in [0.5, 0.6) is 0 Å². The van der Waals surface area contributed by atoms with Gasteiger partial charge in [-0.05, 0) is 19.3 Å². The molecule has 1 saturated carbocycles. The minimum Gasteiger partial charge on any atom is -0.455 e. The third kappa shape index (κ3) is 9.98. The van der Waals surface area contributed by atoms with E-state index in [0.29, 0.717) is 19.3 Å². The van der Waals surface area contributed by atoms with E-state index in [9.17, 15) is 29.7 Å². The van der Waals surface area contributed by atoms with Crippen LogP contribution in [0.1, 0.15) is 97.8 Å². The number of unbranched alkanes of at least 4 members (excludes halogenated alkanes) is 6. The van der Waals surface area contributed by atoms with Gasteiger partial charge >= 0.3 is 17.9 Å². The predicted molar refractivity (Wildman–Crippen MR) is 120 cm³/mol. The summed E-state index contributed by atoms with van der Waals surface area (Å²) in [5.74, 6) is -1.88. The third-order valence-corrected chi connectivity index (χ3v) is 5.78. The maximum atomic E-state index is 12.4. The first-order chi connectivity index (χ1) is 15.8. The molecule has 192 valence electrons. The molecule has 0 saturated heterocycles. The first-order valence-corrected chi connectivity index (χ1v) is 12.4. The molecule has 0 aliphatic heterocycles. The summed E-state index contributed by atoms with van der Waals surface area (Å²) in [6.07, 6.45) is -2.37. The largest absolute Gasteiger partial charge is 0.455 e. The fraction of sp³-hybridized carbons (Fsp3) is 0.875. The van der Waals surface area contributed by atoms with Crippen molar-refractivity contribution in [2.75, 3.05) is 0 Å². The highest BCUT2D eigenvalue weighted by Gasteiger charge is 2.55. The highest BCUT2D eigenvalue weighted by atomic mass is 16.6. The number of esters is 3. The number of carbonyl (C=O) groups is 3. The second-order valence-electron chi connectivity index (χ2n) is 8.71. The zero-order chi connectivity index (χ0) is 24.8. The molecular formula is C24H42O9. The molecule has 3 N–H and O–H groups in total. The molecule has 0 bridgehead atoms. The summed E-state index contributed by atoms with van der Waals surface area (Å²) in [5, 5.41) is 31.4. The van der Waals surface area contributed by atoms with Gasteiger partial charge in [-0.25, -0.2) is 0 Å². The molecule has 0 heterocycles. The molecule has 0 spiro atoms. The average molecular weight is 475 g/mol. The fourth-order valence-corrected chi connectivity index (χ4v) is 3.76. The Morgan fingerprint density at radius 1 is 0.515 bits per heavy atom. The summed E-state index contributed by atoms with van der Waals surface area (Å²) in [4.78, 5) is 37.1. The van der Waals surface area contributed by atoms with Crippen LogP contribution >= 0.6 is 0 Å². The molecule has 0 radical (unpaired) electrons. The van der Waals surface area contributed by atoms with Gasteiger partial charge in [0.15, 0.2) is 18.3 Å². The van der Waals surface area contributed by atoms with Gasteiger partial charge in [0, 0.05) is 19.3 Å². The first kappa shape index (κ1) is 29.3. The van der Waals surface area contributed by atoms with Crippen LogP contribution in [0, 0.1) is 0 Å². The number of aliphatic hydroxyl groups excluding tert-OH is 3. The maximum absolute atomic E-state index is 12.4. The van der Waals surface area contributed by atoms with Crippen LogP contribution in [-0.4, -0.2) is 69.9 Å². The predicted octanol–water partition coefficient (Wildman–Crippen LogP) is 2.56. The smallest absolute Gasteiger partial charge is 0.306 e. The Kier molecular flexibility index (Phi) is 14.2. The lowest BCUT2D eigenvalue weighted by Crippen LogP contribution is -2.66. The van der Waals surface area contributed by atoms with Crippen molar-refractivity contribution in [1.29, 1.82) is 0 Å². The SMILES string of the molecule is CCCCCC(=O)OC1[C@@H](OC(=O)CCCCC)C(O)C(O)[C@@H](O)[C@H]1OC(=O)CCCCC. The second kappa shape index (κ2) is 16.0. The molecule has 33 heavy (non-hydrogen) atoms. The Morgan fingerprint density at radius 3 is 1.12 bits per heavy atom. The van der Waals surface area contributed by atoms with Crippen molar-refractivity contribution in [3.8, 4) is 0 Å². The summed E-state index contributed by atoms with van der Waals surface area (Å²) in [6.45, 7) is 5.96. The summed E-state index contributed by atoms with van der Waals surface area (Å²) < 4.78 is 16.3. The summed E-state index contributed by atoms with van der Waals surface area (Å²) in [5.41, 5.74) is 0. The molecule has 0 aromatic rings. The lowest BCUT2D eigenvalue weighted by molar-refractivity contribution is -0.248. The quantitative estimate of drug-likeness (QED) is 0.186. The number of aliphatic hydroxyl groups is 3. The molecule has 9 heteroatoms. The van der Waals surface area contributed by atoms with Gasteiger partial charge in [0.2, 0.25) is 0 Å². The van der Waals surface area contributed by atoms with E-state index in [4.69, 9.17) is 14.2 Å². The monoisotopic (exact) mass is 474 g/mol. The van der Waals surface area contributed by atoms with E-state index in [-0.39, 0.29) is 19.3 Å². The molecule has 0 aromatic carbocycles. The van der Waals surface area contributed by atoms with E-state index in [2.05, 4.69) is 0 Å². The van der Waals surface area contributed by atoms with E-state index < -0.39 is 54.5 Å². The molecular weight excluding hydrogens is 432 g/mol. The standard InChI is InChI=1S/C24H42O9/c1-4-7-10-13-16(25)31-22-20(29)19(28)21(30)23(32-17(26)14-11-8-5-2)24(22)33-18(27)15-12-9-6-3/h19-24,28-30H,4-15H2,1-3H3/t19?,20-,21?,22-,23+,24?/m1/s1. The third-order valence-electron chi connectivity index (χ3n) is 5.78. The zero-order valence-electron chi connectivity index (χ0n) is 20.2. The van der Waals surface area contributed by atoms with Gasteiger partial charge in [0.1, 0.15) is 18.3 Å². The maximum Gasteiger partial charge on any atom is 0.306 e. The molecule has 3 unspecified atom stereocenters. The summed E-state index contributed by atoms with van der Waals surface area (Å²) in [7, 11) is 0. The minimum absolute atomic E-state index is 0.0907. The van der Waals surface area contributed by atoms with Crippen LogP contribution in [0.15, 0.2) is 0 Å².